The molecular weight excluding hydrogens is 271 g/mol. The quantitative estimate of drug-likeness (QED) is 0.673. The van der Waals surface area contributed by atoms with E-state index in [4.69, 9.17) is 9.47 Å². The molecule has 4 nitrogen and oxygen atoms in total. The summed E-state index contributed by atoms with van der Waals surface area (Å²) in [6, 6.07) is 5.17. The van der Waals surface area contributed by atoms with Gasteiger partial charge >= 0.3 is 0 Å². The molecule has 0 saturated heterocycles. The average Bonchev–Trinajstić information content (AvgIpc) is 2.44. The molecule has 0 aromatic heterocycles. The minimum absolute atomic E-state index is 0.186. The monoisotopic (exact) mass is 298 g/mol. The van der Waals surface area contributed by atoms with Gasteiger partial charge in [0.05, 0.1) is 19.3 Å². The van der Waals surface area contributed by atoms with E-state index < -0.39 is 0 Å². The third kappa shape index (κ3) is 6.42. The van der Waals surface area contributed by atoms with Gasteiger partial charge in [0.15, 0.2) is 0 Å². The van der Waals surface area contributed by atoms with Gasteiger partial charge in [-0.05, 0) is 26.0 Å². The van der Waals surface area contributed by atoms with Crippen molar-refractivity contribution < 1.29 is 13.9 Å². The van der Waals surface area contributed by atoms with E-state index in [9.17, 15) is 4.39 Å². The zero-order valence-corrected chi connectivity index (χ0v) is 13.5. The van der Waals surface area contributed by atoms with Crippen LogP contribution >= 0.6 is 0 Å². The molecule has 1 N–H and O–H groups in total. The molecule has 0 aliphatic rings. The van der Waals surface area contributed by atoms with Crippen LogP contribution in [0.4, 0.5) is 10.1 Å². The van der Waals surface area contributed by atoms with Crippen LogP contribution in [0.2, 0.25) is 0 Å². The lowest BCUT2D eigenvalue weighted by atomic mass is 10.1. The first-order valence-electron chi connectivity index (χ1n) is 7.36. The third-order valence-electron chi connectivity index (χ3n) is 3.17. The van der Waals surface area contributed by atoms with Gasteiger partial charge in [-0.15, -0.1) is 0 Å². The molecule has 0 heterocycles. The van der Waals surface area contributed by atoms with Crippen molar-refractivity contribution in [2.24, 2.45) is 0 Å². The summed E-state index contributed by atoms with van der Waals surface area (Å²) in [6.07, 6.45) is 0.209. The number of anilines is 1. The van der Waals surface area contributed by atoms with Crippen LogP contribution in [0.15, 0.2) is 18.2 Å². The van der Waals surface area contributed by atoms with Gasteiger partial charge in [0.1, 0.15) is 5.82 Å². The molecule has 0 aliphatic heterocycles. The van der Waals surface area contributed by atoms with Crippen LogP contribution in [0.5, 0.6) is 0 Å². The zero-order valence-electron chi connectivity index (χ0n) is 13.5. The van der Waals surface area contributed by atoms with Crippen molar-refractivity contribution in [2.45, 2.75) is 26.5 Å². The Morgan fingerprint density at radius 2 is 2.05 bits per heavy atom. The van der Waals surface area contributed by atoms with Crippen LogP contribution in [0.1, 0.15) is 19.4 Å². The van der Waals surface area contributed by atoms with Crippen molar-refractivity contribution in [1.82, 2.24) is 5.32 Å². The predicted octanol–water partition coefficient (Wildman–Crippen LogP) is 2.42. The van der Waals surface area contributed by atoms with Crippen molar-refractivity contribution in [1.29, 1.82) is 0 Å². The first-order valence-corrected chi connectivity index (χ1v) is 7.36. The molecule has 21 heavy (non-hydrogen) atoms. The van der Waals surface area contributed by atoms with Gasteiger partial charge in [-0.1, -0.05) is 6.07 Å². The van der Waals surface area contributed by atoms with E-state index >= 15 is 0 Å². The molecule has 5 heteroatoms. The smallest absolute Gasteiger partial charge is 0.129 e. The average molecular weight is 298 g/mol. The molecule has 0 spiro atoms. The molecule has 0 aliphatic carbocycles. The Bertz CT molecular complexity index is 413. The Kier molecular flexibility index (Phi) is 8.27. The lowest BCUT2D eigenvalue weighted by molar-refractivity contribution is 0.0846. The Balaban J connectivity index is 2.64. The Labute approximate surface area is 127 Å². The lowest BCUT2D eigenvalue weighted by Gasteiger charge is -2.23. The minimum atomic E-state index is -0.186. The standard InChI is InChI=1S/C16H27FN2O2/c1-13(2)21-11-9-19(3)16-7-5-6-15(17)14(16)12-18-8-10-20-4/h5-7,13,18H,8-12H2,1-4H3. The summed E-state index contributed by atoms with van der Waals surface area (Å²) in [5.41, 5.74) is 1.58. The highest BCUT2D eigenvalue weighted by molar-refractivity contribution is 5.53. The fourth-order valence-corrected chi connectivity index (χ4v) is 2.01. The largest absolute Gasteiger partial charge is 0.383 e. The summed E-state index contributed by atoms with van der Waals surface area (Å²) in [5, 5.41) is 3.19. The summed E-state index contributed by atoms with van der Waals surface area (Å²) in [7, 11) is 3.61. The summed E-state index contributed by atoms with van der Waals surface area (Å²) in [6.45, 7) is 7.17. The number of rotatable bonds is 10. The number of halogens is 1. The number of hydrogen-bond acceptors (Lipinski definition) is 4. The summed E-state index contributed by atoms with van der Waals surface area (Å²) in [4.78, 5) is 2.03. The van der Waals surface area contributed by atoms with Crippen molar-refractivity contribution in [3.63, 3.8) is 0 Å². The number of hydrogen-bond donors (Lipinski definition) is 1. The van der Waals surface area contributed by atoms with E-state index in [2.05, 4.69) is 5.32 Å². The summed E-state index contributed by atoms with van der Waals surface area (Å²) < 4.78 is 24.6. The molecule has 120 valence electrons. The van der Waals surface area contributed by atoms with E-state index in [1.165, 1.54) is 6.07 Å². The first kappa shape index (κ1) is 17.9. The fourth-order valence-electron chi connectivity index (χ4n) is 2.01. The maximum absolute atomic E-state index is 14.0. The zero-order chi connectivity index (χ0) is 15.7. The highest BCUT2D eigenvalue weighted by Crippen LogP contribution is 2.22. The van der Waals surface area contributed by atoms with Gasteiger partial charge in [-0.25, -0.2) is 4.39 Å². The van der Waals surface area contributed by atoms with Crippen molar-refractivity contribution in [2.75, 3.05) is 45.4 Å². The van der Waals surface area contributed by atoms with Crippen LogP contribution in [0, 0.1) is 5.82 Å². The maximum Gasteiger partial charge on any atom is 0.129 e. The molecular formula is C16H27FN2O2. The van der Waals surface area contributed by atoms with E-state index in [1.54, 1.807) is 13.2 Å². The topological polar surface area (TPSA) is 33.7 Å². The van der Waals surface area contributed by atoms with Crippen molar-refractivity contribution >= 4 is 5.69 Å². The number of likely N-dealkylation sites (N-methyl/N-ethyl adjacent to an activating group) is 1. The molecule has 0 radical (unpaired) electrons. The SMILES string of the molecule is COCCNCc1c(F)cccc1N(C)CCOC(C)C. The molecule has 0 amide bonds. The second-order valence-corrected chi connectivity index (χ2v) is 5.25. The number of methoxy groups -OCH3 is 1. The van der Waals surface area contributed by atoms with Gasteiger partial charge < -0.3 is 19.7 Å². The molecule has 0 unspecified atom stereocenters. The van der Waals surface area contributed by atoms with E-state index in [0.29, 0.717) is 31.9 Å². The van der Waals surface area contributed by atoms with Gasteiger partial charge in [-0.2, -0.15) is 0 Å². The molecule has 1 aromatic rings. The summed E-state index contributed by atoms with van der Waals surface area (Å²) in [5.74, 6) is -0.186. The van der Waals surface area contributed by atoms with E-state index in [1.807, 2.05) is 31.9 Å². The minimum Gasteiger partial charge on any atom is -0.383 e. The van der Waals surface area contributed by atoms with Crippen LogP contribution < -0.4 is 10.2 Å². The van der Waals surface area contributed by atoms with E-state index in [-0.39, 0.29) is 11.9 Å². The van der Waals surface area contributed by atoms with Gasteiger partial charge in [-0.3, -0.25) is 0 Å². The summed E-state index contributed by atoms with van der Waals surface area (Å²) >= 11 is 0. The second kappa shape index (κ2) is 9.71. The third-order valence-corrected chi connectivity index (χ3v) is 3.17. The molecule has 0 atom stereocenters. The molecule has 0 bridgehead atoms. The Hall–Kier alpha value is -1.17. The Morgan fingerprint density at radius 1 is 1.29 bits per heavy atom. The van der Waals surface area contributed by atoms with Gasteiger partial charge in [0.2, 0.25) is 0 Å². The highest BCUT2D eigenvalue weighted by Gasteiger charge is 2.11. The molecule has 0 fully saturated rings. The van der Waals surface area contributed by atoms with Gasteiger partial charge in [0, 0.05) is 45.0 Å². The molecule has 1 aromatic carbocycles. The molecule has 0 saturated carbocycles. The van der Waals surface area contributed by atoms with E-state index in [0.717, 1.165) is 12.2 Å². The number of nitrogens with zero attached hydrogens (tertiary/aromatic N) is 1. The van der Waals surface area contributed by atoms with Crippen LogP contribution in [0.3, 0.4) is 0 Å². The number of nitrogens with one attached hydrogen (secondary N) is 1. The highest BCUT2D eigenvalue weighted by atomic mass is 19.1. The predicted molar refractivity (Wildman–Crippen MR) is 84.3 cm³/mol. The number of benzene rings is 1. The van der Waals surface area contributed by atoms with Crippen molar-refractivity contribution in [3.05, 3.63) is 29.6 Å². The normalized spacial score (nSPS) is 11.1. The van der Waals surface area contributed by atoms with Crippen LogP contribution in [-0.4, -0.2) is 46.6 Å². The van der Waals surface area contributed by atoms with Crippen LogP contribution in [0.25, 0.3) is 0 Å². The maximum atomic E-state index is 14.0. The number of ether oxygens (including phenoxy) is 2. The lowest BCUT2D eigenvalue weighted by Crippen LogP contribution is -2.27. The van der Waals surface area contributed by atoms with Crippen LogP contribution in [-0.2, 0) is 16.0 Å². The van der Waals surface area contributed by atoms with Crippen molar-refractivity contribution in [3.8, 4) is 0 Å². The second-order valence-electron chi connectivity index (χ2n) is 5.25. The fraction of sp³-hybridized carbons (Fsp3) is 0.625. The first-order chi connectivity index (χ1) is 10.1. The molecule has 1 rings (SSSR count). The van der Waals surface area contributed by atoms with Gasteiger partial charge in [0.25, 0.3) is 0 Å². The Morgan fingerprint density at radius 3 is 2.71 bits per heavy atom.